The van der Waals surface area contributed by atoms with Gasteiger partial charge in [-0.25, -0.2) is 0 Å². The Balaban J connectivity index is 1.28. The number of fused-ring (bicyclic) bond motifs is 2. The summed E-state index contributed by atoms with van der Waals surface area (Å²) in [4.78, 5) is 12.0. The Kier molecular flexibility index (Phi) is 4.24. The molecule has 0 unspecified atom stereocenters. The first kappa shape index (κ1) is 15.3. The second kappa shape index (κ2) is 6.68. The van der Waals surface area contributed by atoms with Crippen LogP contribution >= 0.6 is 0 Å². The van der Waals surface area contributed by atoms with Gasteiger partial charge in [0, 0.05) is 0 Å². The number of carbonyl (C=O) groups excluding carboxylic acids is 1. The van der Waals surface area contributed by atoms with Gasteiger partial charge in [0.25, 0.3) is 0 Å². The molecule has 0 saturated heterocycles. The molecule has 0 saturated carbocycles. The van der Waals surface area contributed by atoms with E-state index in [9.17, 15) is 4.79 Å². The molecule has 2 aromatic carbocycles. The lowest BCUT2D eigenvalue weighted by Gasteiger charge is -2.09. The third-order valence-corrected chi connectivity index (χ3v) is 4.94. The van der Waals surface area contributed by atoms with E-state index in [1.165, 1.54) is 35.1 Å². The van der Waals surface area contributed by atoms with Crippen molar-refractivity contribution in [1.82, 2.24) is 0 Å². The average Bonchev–Trinajstić information content (AvgIpc) is 3.25. The summed E-state index contributed by atoms with van der Waals surface area (Å²) < 4.78 is 11.3. The van der Waals surface area contributed by atoms with E-state index in [1.54, 1.807) is 0 Å². The van der Waals surface area contributed by atoms with Crippen molar-refractivity contribution in [3.05, 3.63) is 58.7 Å². The minimum Gasteiger partial charge on any atom is -0.486 e. The van der Waals surface area contributed by atoms with Gasteiger partial charge in [0.1, 0.15) is 24.7 Å². The fourth-order valence-corrected chi connectivity index (χ4v) is 3.65. The zero-order valence-electron chi connectivity index (χ0n) is 13.8. The van der Waals surface area contributed by atoms with E-state index < -0.39 is 0 Å². The second-order valence-electron chi connectivity index (χ2n) is 6.68. The Bertz CT molecular complexity index is 700. The van der Waals surface area contributed by atoms with Crippen LogP contribution in [0.2, 0.25) is 0 Å². The summed E-state index contributed by atoms with van der Waals surface area (Å²) in [5, 5.41) is 0. The minimum absolute atomic E-state index is 0.0454. The number of benzene rings is 2. The molecule has 4 rings (SSSR count). The van der Waals surface area contributed by atoms with E-state index >= 15 is 0 Å². The molecule has 2 aromatic rings. The molecule has 0 atom stereocenters. The fraction of sp³-hybridized carbons (Fsp3) is 0.381. The van der Waals surface area contributed by atoms with Gasteiger partial charge in [-0.3, -0.25) is 4.79 Å². The average molecular weight is 322 g/mol. The molecule has 3 nitrogen and oxygen atoms in total. The third-order valence-electron chi connectivity index (χ3n) is 4.94. The second-order valence-corrected chi connectivity index (χ2v) is 6.68. The van der Waals surface area contributed by atoms with Gasteiger partial charge in [-0.05, 0) is 85.0 Å². The highest BCUT2D eigenvalue weighted by Crippen LogP contribution is 2.27. The van der Waals surface area contributed by atoms with Crippen LogP contribution in [0.5, 0.6) is 11.5 Å². The quantitative estimate of drug-likeness (QED) is 0.813. The maximum Gasteiger partial charge on any atom is 0.207 e. The number of ether oxygens (including phenoxy) is 2. The predicted octanol–water partition coefficient (Wildman–Crippen LogP) is 3.69. The first-order valence-corrected chi connectivity index (χ1v) is 8.79. The van der Waals surface area contributed by atoms with Crippen molar-refractivity contribution in [2.24, 2.45) is 0 Å². The van der Waals surface area contributed by atoms with Gasteiger partial charge in [0.2, 0.25) is 5.78 Å². The van der Waals surface area contributed by atoms with Gasteiger partial charge in [0.15, 0.2) is 0 Å². The van der Waals surface area contributed by atoms with Crippen LogP contribution in [0.25, 0.3) is 0 Å². The van der Waals surface area contributed by atoms with Gasteiger partial charge >= 0.3 is 0 Å². The smallest absolute Gasteiger partial charge is 0.207 e. The van der Waals surface area contributed by atoms with E-state index in [-0.39, 0.29) is 19.0 Å². The predicted molar refractivity (Wildman–Crippen MR) is 92.9 cm³/mol. The summed E-state index contributed by atoms with van der Waals surface area (Å²) in [7, 11) is 0. The molecule has 0 N–H and O–H groups in total. The lowest BCUT2D eigenvalue weighted by atomic mass is 10.1. The first-order chi connectivity index (χ1) is 11.8. The topological polar surface area (TPSA) is 35.5 Å². The van der Waals surface area contributed by atoms with Crippen LogP contribution in [0.4, 0.5) is 0 Å². The zero-order valence-corrected chi connectivity index (χ0v) is 13.8. The van der Waals surface area contributed by atoms with Gasteiger partial charge in [-0.2, -0.15) is 0 Å². The van der Waals surface area contributed by atoms with Crippen molar-refractivity contribution in [3.63, 3.8) is 0 Å². The van der Waals surface area contributed by atoms with Crippen molar-refractivity contribution < 1.29 is 14.3 Å². The molecule has 24 heavy (non-hydrogen) atoms. The number of hydrogen-bond acceptors (Lipinski definition) is 3. The van der Waals surface area contributed by atoms with Crippen LogP contribution < -0.4 is 9.47 Å². The molecule has 3 heteroatoms. The van der Waals surface area contributed by atoms with Crippen LogP contribution in [0.1, 0.15) is 35.1 Å². The molecule has 0 radical (unpaired) electrons. The Morgan fingerprint density at radius 1 is 0.708 bits per heavy atom. The van der Waals surface area contributed by atoms with Crippen molar-refractivity contribution in [3.8, 4) is 11.5 Å². The highest BCUT2D eigenvalue weighted by molar-refractivity contribution is 5.81. The number of ketones is 1. The SMILES string of the molecule is O=C(COc1ccc2c(c1)CCC2)COc1ccc2c(c1)CCC2. The number of rotatable bonds is 6. The maximum atomic E-state index is 12.0. The van der Waals surface area contributed by atoms with Gasteiger partial charge in [-0.1, -0.05) is 12.1 Å². The normalized spacial score (nSPS) is 15.0. The number of carbonyl (C=O) groups is 1. The van der Waals surface area contributed by atoms with E-state index in [2.05, 4.69) is 24.3 Å². The summed E-state index contributed by atoms with van der Waals surface area (Å²) in [6.45, 7) is 0.119. The molecule has 2 aliphatic rings. The monoisotopic (exact) mass is 322 g/mol. The molecular formula is C21H22O3. The van der Waals surface area contributed by atoms with Gasteiger partial charge in [-0.15, -0.1) is 0 Å². The Morgan fingerprint density at radius 3 is 1.67 bits per heavy atom. The zero-order chi connectivity index (χ0) is 16.4. The van der Waals surface area contributed by atoms with Crippen molar-refractivity contribution in [2.75, 3.05) is 13.2 Å². The molecule has 0 heterocycles. The molecule has 0 fully saturated rings. The minimum atomic E-state index is -0.0454. The Hall–Kier alpha value is -2.29. The summed E-state index contributed by atoms with van der Waals surface area (Å²) >= 11 is 0. The fourth-order valence-electron chi connectivity index (χ4n) is 3.65. The van der Waals surface area contributed by atoms with Crippen LogP contribution in [-0.2, 0) is 30.5 Å². The molecule has 124 valence electrons. The highest BCUT2D eigenvalue weighted by atomic mass is 16.5. The summed E-state index contributed by atoms with van der Waals surface area (Å²) in [5.74, 6) is 1.51. The van der Waals surface area contributed by atoms with Crippen LogP contribution in [-0.4, -0.2) is 19.0 Å². The van der Waals surface area contributed by atoms with Gasteiger partial charge < -0.3 is 9.47 Å². The molecule has 0 bridgehead atoms. The molecule has 0 aromatic heterocycles. The largest absolute Gasteiger partial charge is 0.486 e. The number of Topliss-reactive ketones (excluding diaryl/α,β-unsaturated/α-hetero) is 1. The molecule has 2 aliphatic carbocycles. The maximum absolute atomic E-state index is 12.0. The lowest BCUT2D eigenvalue weighted by molar-refractivity contribution is -0.123. The standard InChI is InChI=1S/C21H22O3/c22-19(13-23-20-9-7-15-3-1-5-17(15)11-20)14-24-21-10-8-16-4-2-6-18(16)12-21/h7-12H,1-6,13-14H2. The summed E-state index contributed by atoms with van der Waals surface area (Å²) in [6, 6.07) is 12.3. The molecular weight excluding hydrogens is 300 g/mol. The molecule has 0 aliphatic heterocycles. The van der Waals surface area contributed by atoms with E-state index in [0.29, 0.717) is 0 Å². The van der Waals surface area contributed by atoms with Crippen molar-refractivity contribution in [2.45, 2.75) is 38.5 Å². The summed E-state index contributed by atoms with van der Waals surface area (Å²) in [5.41, 5.74) is 5.53. The Labute approximate surface area is 142 Å². The third kappa shape index (κ3) is 3.30. The van der Waals surface area contributed by atoms with Crippen LogP contribution in [0.15, 0.2) is 36.4 Å². The lowest BCUT2D eigenvalue weighted by Crippen LogP contribution is -2.19. The van der Waals surface area contributed by atoms with E-state index in [4.69, 9.17) is 9.47 Å². The highest BCUT2D eigenvalue weighted by Gasteiger charge is 2.13. The molecule has 0 spiro atoms. The summed E-state index contributed by atoms with van der Waals surface area (Å²) in [6.07, 6.45) is 6.97. The number of aryl methyl sites for hydroxylation is 4. The van der Waals surface area contributed by atoms with E-state index in [1.807, 2.05) is 12.1 Å². The first-order valence-electron chi connectivity index (χ1n) is 8.79. The van der Waals surface area contributed by atoms with Crippen molar-refractivity contribution in [1.29, 1.82) is 0 Å². The van der Waals surface area contributed by atoms with Gasteiger partial charge in [0.05, 0.1) is 0 Å². The Morgan fingerprint density at radius 2 is 1.17 bits per heavy atom. The van der Waals surface area contributed by atoms with Crippen LogP contribution in [0, 0.1) is 0 Å². The van der Waals surface area contributed by atoms with Crippen LogP contribution in [0.3, 0.4) is 0 Å². The molecule has 0 amide bonds. The van der Waals surface area contributed by atoms with Crippen molar-refractivity contribution >= 4 is 5.78 Å². The number of hydrogen-bond donors (Lipinski definition) is 0. The van der Waals surface area contributed by atoms with E-state index in [0.717, 1.165) is 37.2 Å².